The van der Waals surface area contributed by atoms with E-state index in [1.807, 2.05) is 61.7 Å². The molecule has 0 saturated heterocycles. The Balaban J connectivity index is 0.000000364. The summed E-state index contributed by atoms with van der Waals surface area (Å²) in [5.74, 6) is -1.11. The predicted octanol–water partition coefficient (Wildman–Crippen LogP) is 7.81. The number of hydrogen-bond donors (Lipinski definition) is 1. The van der Waals surface area contributed by atoms with Gasteiger partial charge >= 0.3 is 5.97 Å². The Morgan fingerprint density at radius 1 is 1.00 bits per heavy atom. The van der Waals surface area contributed by atoms with Crippen LogP contribution < -0.4 is 0 Å². The van der Waals surface area contributed by atoms with Crippen LogP contribution in [0.25, 0.3) is 33.1 Å². The van der Waals surface area contributed by atoms with Crippen molar-refractivity contribution in [3.8, 4) is 11.3 Å². The highest BCUT2D eigenvalue weighted by molar-refractivity contribution is 6.30. The molecule has 0 spiro atoms. The number of carbonyl (C=O) groups is 1. The van der Waals surface area contributed by atoms with Crippen molar-refractivity contribution in [2.75, 3.05) is 0 Å². The van der Waals surface area contributed by atoms with Crippen molar-refractivity contribution in [3.05, 3.63) is 101 Å². The van der Waals surface area contributed by atoms with Crippen molar-refractivity contribution in [1.29, 1.82) is 0 Å². The van der Waals surface area contributed by atoms with Crippen LogP contribution in [0.1, 0.15) is 25.8 Å². The molecule has 6 heteroatoms. The Labute approximate surface area is 208 Å². The van der Waals surface area contributed by atoms with E-state index in [-0.39, 0.29) is 11.7 Å². The van der Waals surface area contributed by atoms with Crippen molar-refractivity contribution < 1.29 is 14.3 Å². The smallest absolute Gasteiger partial charge is 0.306 e. The number of aliphatic carboxylic acids is 1. The molecule has 0 aliphatic rings. The molecule has 5 rings (SSSR count). The van der Waals surface area contributed by atoms with Gasteiger partial charge < -0.3 is 9.67 Å². The maximum atomic E-state index is 13.4. The lowest BCUT2D eigenvalue weighted by Crippen LogP contribution is -2.06. The van der Waals surface area contributed by atoms with Gasteiger partial charge in [0.05, 0.1) is 17.1 Å². The van der Waals surface area contributed by atoms with Gasteiger partial charge in [-0.05, 0) is 48.4 Å². The quantitative estimate of drug-likeness (QED) is 0.274. The second-order valence-electron chi connectivity index (χ2n) is 8.44. The molecule has 0 amide bonds. The Kier molecular flexibility index (Phi) is 7.47. The lowest BCUT2D eigenvalue weighted by Gasteiger charge is -2.11. The van der Waals surface area contributed by atoms with Crippen molar-refractivity contribution >= 4 is 39.4 Å². The van der Waals surface area contributed by atoms with Crippen LogP contribution in [-0.4, -0.2) is 20.6 Å². The van der Waals surface area contributed by atoms with Gasteiger partial charge in [-0.25, -0.2) is 4.39 Å². The molecule has 1 unspecified atom stereocenters. The standard InChI is InChI=1S/C24H16ClFN2.C5H10O2/c25-18-9-7-17(8-10-18)23-24-21(13-14-27-23)20-3-1-2-4-22(20)28(24)15-16-5-11-19(26)12-6-16;1-3-4(2)5(6)7/h1-14H,15H2;4H,3H2,1-2H3,(H,6,7). The number of rotatable bonds is 5. The van der Waals surface area contributed by atoms with Crippen LogP contribution in [0.5, 0.6) is 0 Å². The Morgan fingerprint density at radius 2 is 1.69 bits per heavy atom. The number of halogens is 2. The summed E-state index contributed by atoms with van der Waals surface area (Å²) in [6.07, 6.45) is 2.57. The molecule has 4 nitrogen and oxygen atoms in total. The highest BCUT2D eigenvalue weighted by atomic mass is 35.5. The van der Waals surface area contributed by atoms with Crippen molar-refractivity contribution in [3.63, 3.8) is 0 Å². The van der Waals surface area contributed by atoms with Gasteiger partial charge in [0, 0.05) is 39.6 Å². The van der Waals surface area contributed by atoms with Crippen LogP contribution in [0.15, 0.2) is 85.1 Å². The third-order valence-electron chi connectivity index (χ3n) is 6.08. The largest absolute Gasteiger partial charge is 0.481 e. The molecule has 178 valence electrons. The molecule has 1 atom stereocenters. The first-order chi connectivity index (χ1) is 16.9. The molecule has 2 aromatic heterocycles. The van der Waals surface area contributed by atoms with E-state index in [1.165, 1.54) is 17.5 Å². The molecule has 0 aliphatic carbocycles. The number of nitrogens with zero attached hydrogens (tertiary/aromatic N) is 2. The van der Waals surface area contributed by atoms with E-state index in [0.29, 0.717) is 11.6 Å². The average Bonchev–Trinajstić information content (AvgIpc) is 3.19. The van der Waals surface area contributed by atoms with Gasteiger partial charge in [-0.15, -0.1) is 0 Å². The van der Waals surface area contributed by atoms with Crippen LogP contribution in [0.4, 0.5) is 4.39 Å². The zero-order valence-corrected chi connectivity index (χ0v) is 20.3. The molecule has 3 aromatic carbocycles. The Morgan fingerprint density at radius 3 is 2.31 bits per heavy atom. The minimum atomic E-state index is -0.706. The molecule has 0 radical (unpaired) electrons. The van der Waals surface area contributed by atoms with Crippen molar-refractivity contribution in [2.24, 2.45) is 5.92 Å². The van der Waals surface area contributed by atoms with Crippen LogP contribution in [0.2, 0.25) is 5.02 Å². The Hall–Kier alpha value is -3.70. The number of pyridine rings is 1. The maximum Gasteiger partial charge on any atom is 0.306 e. The first-order valence-electron chi connectivity index (χ1n) is 11.5. The summed E-state index contributed by atoms with van der Waals surface area (Å²) in [6, 6.07) is 24.8. The SMILES string of the molecule is CCC(C)C(=O)O.Fc1ccc(Cn2c3ccccc3c3ccnc(-c4ccc(Cl)cc4)c32)cc1. The number of carboxylic acid groups (broad SMARTS) is 1. The minimum absolute atomic E-state index is 0.181. The van der Waals surface area contributed by atoms with Crippen molar-refractivity contribution in [2.45, 2.75) is 26.8 Å². The number of para-hydroxylation sites is 1. The zero-order valence-electron chi connectivity index (χ0n) is 19.6. The normalized spacial score (nSPS) is 11.8. The van der Waals surface area contributed by atoms with Crippen molar-refractivity contribution in [1.82, 2.24) is 9.55 Å². The summed E-state index contributed by atoms with van der Waals surface area (Å²) in [6.45, 7) is 4.19. The number of fused-ring (bicyclic) bond motifs is 3. The highest BCUT2D eigenvalue weighted by Gasteiger charge is 2.16. The summed E-state index contributed by atoms with van der Waals surface area (Å²) in [5.41, 5.74) is 5.15. The van der Waals surface area contributed by atoms with E-state index >= 15 is 0 Å². The fourth-order valence-corrected chi connectivity index (χ4v) is 4.06. The molecule has 0 aliphatic heterocycles. The number of hydrogen-bond acceptors (Lipinski definition) is 2. The molecular weight excluding hydrogens is 463 g/mol. The van der Waals surface area contributed by atoms with Crippen LogP contribution in [0.3, 0.4) is 0 Å². The summed E-state index contributed by atoms with van der Waals surface area (Å²) < 4.78 is 15.6. The maximum absolute atomic E-state index is 13.4. The van der Waals surface area contributed by atoms with Crippen LogP contribution in [0, 0.1) is 11.7 Å². The summed E-state index contributed by atoms with van der Waals surface area (Å²) >= 11 is 6.08. The number of aromatic nitrogens is 2. The third kappa shape index (κ3) is 5.36. The van der Waals surface area contributed by atoms with Gasteiger partial charge in [-0.2, -0.15) is 0 Å². The lowest BCUT2D eigenvalue weighted by atomic mass is 10.1. The minimum Gasteiger partial charge on any atom is -0.481 e. The fraction of sp³-hybridized carbons (Fsp3) is 0.172. The van der Waals surface area contributed by atoms with E-state index in [1.54, 1.807) is 6.92 Å². The summed E-state index contributed by atoms with van der Waals surface area (Å²) in [5, 5.41) is 11.2. The molecule has 5 aromatic rings. The molecule has 2 heterocycles. The van der Waals surface area contributed by atoms with E-state index in [2.05, 4.69) is 22.8 Å². The van der Waals surface area contributed by atoms with Crippen LogP contribution >= 0.6 is 11.6 Å². The molecular formula is C29H26ClFN2O2. The summed E-state index contributed by atoms with van der Waals surface area (Å²) in [7, 11) is 0. The van der Waals surface area contributed by atoms with E-state index in [0.717, 1.165) is 39.7 Å². The third-order valence-corrected chi connectivity index (χ3v) is 6.34. The first kappa shape index (κ1) is 24.4. The second kappa shape index (κ2) is 10.7. The molecule has 1 N–H and O–H groups in total. The van der Waals surface area contributed by atoms with Gasteiger partial charge in [-0.3, -0.25) is 9.78 Å². The second-order valence-corrected chi connectivity index (χ2v) is 8.88. The predicted molar refractivity (Wildman–Crippen MR) is 140 cm³/mol. The zero-order chi connectivity index (χ0) is 24.9. The van der Waals surface area contributed by atoms with Gasteiger partial charge in [0.25, 0.3) is 0 Å². The lowest BCUT2D eigenvalue weighted by molar-refractivity contribution is -0.141. The van der Waals surface area contributed by atoms with E-state index in [4.69, 9.17) is 21.7 Å². The molecule has 0 saturated carbocycles. The fourth-order valence-electron chi connectivity index (χ4n) is 3.93. The average molecular weight is 489 g/mol. The summed E-state index contributed by atoms with van der Waals surface area (Å²) in [4.78, 5) is 14.6. The van der Waals surface area contributed by atoms with E-state index in [9.17, 15) is 9.18 Å². The first-order valence-corrected chi connectivity index (χ1v) is 11.9. The van der Waals surface area contributed by atoms with Gasteiger partial charge in [0.1, 0.15) is 5.82 Å². The van der Waals surface area contributed by atoms with Gasteiger partial charge in [0.2, 0.25) is 0 Å². The highest BCUT2D eigenvalue weighted by Crippen LogP contribution is 2.35. The molecule has 0 fully saturated rings. The molecule has 35 heavy (non-hydrogen) atoms. The van der Waals surface area contributed by atoms with Crippen LogP contribution in [-0.2, 0) is 11.3 Å². The topological polar surface area (TPSA) is 55.1 Å². The number of benzene rings is 3. The van der Waals surface area contributed by atoms with Gasteiger partial charge in [0.15, 0.2) is 0 Å². The van der Waals surface area contributed by atoms with Gasteiger partial charge in [-0.1, -0.05) is 67.9 Å². The monoisotopic (exact) mass is 488 g/mol. The number of carboxylic acids is 1. The molecule has 0 bridgehead atoms. The Bertz CT molecular complexity index is 1460. The van der Waals surface area contributed by atoms with E-state index < -0.39 is 5.97 Å².